The van der Waals surface area contributed by atoms with E-state index in [4.69, 9.17) is 10.5 Å². The second-order valence-corrected chi connectivity index (χ2v) is 2.67. The lowest BCUT2D eigenvalue weighted by atomic mass is 10.1. The van der Waals surface area contributed by atoms with E-state index in [9.17, 15) is 13.2 Å². The van der Waals surface area contributed by atoms with E-state index in [0.717, 1.165) is 6.20 Å². The summed E-state index contributed by atoms with van der Waals surface area (Å²) in [5.74, 6) is 0. The third-order valence-corrected chi connectivity index (χ3v) is 1.67. The standard InChI is InChI=1S/C9H4F3N3/c10-9(11,12)8-3-7(4-14)6(1-2-13)5-15-8/h3,5H,1H2. The molecular weight excluding hydrogens is 207 g/mol. The van der Waals surface area contributed by atoms with Crippen LogP contribution in [-0.4, -0.2) is 4.98 Å². The molecular formula is C9H4F3N3. The Bertz CT molecular complexity index is 451. The Morgan fingerprint density at radius 2 is 2.00 bits per heavy atom. The van der Waals surface area contributed by atoms with Crippen LogP contribution in [-0.2, 0) is 12.6 Å². The highest BCUT2D eigenvalue weighted by Gasteiger charge is 2.32. The molecule has 0 saturated heterocycles. The minimum Gasteiger partial charge on any atom is -0.251 e. The third-order valence-electron chi connectivity index (χ3n) is 1.67. The maximum atomic E-state index is 12.2. The van der Waals surface area contributed by atoms with E-state index in [1.165, 1.54) is 0 Å². The Kier molecular flexibility index (Phi) is 2.91. The van der Waals surface area contributed by atoms with Crippen LogP contribution < -0.4 is 0 Å². The number of nitrogens with zero attached hydrogens (tertiary/aromatic N) is 3. The Labute approximate surface area is 83.4 Å². The Morgan fingerprint density at radius 1 is 1.33 bits per heavy atom. The minimum absolute atomic E-state index is 0.131. The van der Waals surface area contributed by atoms with E-state index in [-0.39, 0.29) is 17.5 Å². The molecule has 0 unspecified atom stereocenters. The molecule has 0 saturated carbocycles. The van der Waals surface area contributed by atoms with Crippen molar-refractivity contribution in [3.8, 4) is 12.1 Å². The quantitative estimate of drug-likeness (QED) is 0.714. The van der Waals surface area contributed by atoms with E-state index in [1.54, 1.807) is 12.1 Å². The summed E-state index contributed by atoms with van der Waals surface area (Å²) in [4.78, 5) is 3.15. The lowest BCUT2D eigenvalue weighted by Gasteiger charge is -2.06. The molecule has 0 atom stereocenters. The zero-order valence-electron chi connectivity index (χ0n) is 7.34. The lowest BCUT2D eigenvalue weighted by molar-refractivity contribution is -0.141. The maximum Gasteiger partial charge on any atom is 0.433 e. The van der Waals surface area contributed by atoms with Crippen LogP contribution in [0.5, 0.6) is 0 Å². The fourth-order valence-corrected chi connectivity index (χ4v) is 0.969. The predicted molar refractivity (Wildman–Crippen MR) is 43.3 cm³/mol. The van der Waals surface area contributed by atoms with Crippen molar-refractivity contribution in [3.63, 3.8) is 0 Å². The van der Waals surface area contributed by atoms with Crippen molar-refractivity contribution in [2.45, 2.75) is 12.6 Å². The summed E-state index contributed by atoms with van der Waals surface area (Å²) in [6, 6.07) is 3.99. The van der Waals surface area contributed by atoms with Crippen LogP contribution >= 0.6 is 0 Å². The van der Waals surface area contributed by atoms with Gasteiger partial charge in [-0.25, -0.2) is 0 Å². The molecule has 0 bridgehead atoms. The number of halogens is 3. The molecule has 3 nitrogen and oxygen atoms in total. The van der Waals surface area contributed by atoms with Crippen LogP contribution in [0.1, 0.15) is 16.8 Å². The fourth-order valence-electron chi connectivity index (χ4n) is 0.969. The van der Waals surface area contributed by atoms with E-state index < -0.39 is 11.9 Å². The summed E-state index contributed by atoms with van der Waals surface area (Å²) in [5, 5.41) is 16.9. The van der Waals surface area contributed by atoms with Gasteiger partial charge in [-0.15, -0.1) is 0 Å². The molecule has 1 aromatic rings. The molecule has 0 amide bonds. The molecule has 15 heavy (non-hydrogen) atoms. The smallest absolute Gasteiger partial charge is 0.251 e. The van der Waals surface area contributed by atoms with Gasteiger partial charge in [0.25, 0.3) is 0 Å². The van der Waals surface area contributed by atoms with Gasteiger partial charge in [-0.3, -0.25) is 4.98 Å². The summed E-state index contributed by atoms with van der Waals surface area (Å²) >= 11 is 0. The van der Waals surface area contributed by atoms with Crippen molar-refractivity contribution >= 4 is 0 Å². The van der Waals surface area contributed by atoms with Gasteiger partial charge in [0.05, 0.1) is 24.1 Å². The van der Waals surface area contributed by atoms with Crippen LogP contribution in [0.25, 0.3) is 0 Å². The van der Waals surface area contributed by atoms with E-state index >= 15 is 0 Å². The monoisotopic (exact) mass is 211 g/mol. The highest BCUT2D eigenvalue weighted by atomic mass is 19.4. The zero-order valence-corrected chi connectivity index (χ0v) is 7.34. The SMILES string of the molecule is N#CCc1cnc(C(F)(F)F)cc1C#N. The topological polar surface area (TPSA) is 60.5 Å². The van der Waals surface area contributed by atoms with Gasteiger partial charge in [0.2, 0.25) is 0 Å². The van der Waals surface area contributed by atoms with E-state index in [1.807, 2.05) is 0 Å². The lowest BCUT2D eigenvalue weighted by Crippen LogP contribution is -2.09. The summed E-state index contributed by atoms with van der Waals surface area (Å²) in [6.07, 6.45) is -3.80. The summed E-state index contributed by atoms with van der Waals surface area (Å²) in [6.45, 7) is 0. The highest BCUT2D eigenvalue weighted by Crippen LogP contribution is 2.28. The molecule has 0 aromatic carbocycles. The zero-order chi connectivity index (χ0) is 11.5. The van der Waals surface area contributed by atoms with Crippen molar-refractivity contribution in [1.29, 1.82) is 10.5 Å². The van der Waals surface area contributed by atoms with Crippen molar-refractivity contribution in [1.82, 2.24) is 4.98 Å². The van der Waals surface area contributed by atoms with Crippen molar-refractivity contribution < 1.29 is 13.2 Å². The first-order chi connectivity index (χ1) is 6.99. The summed E-state index contributed by atoms with van der Waals surface area (Å²) in [5.41, 5.74) is -1.09. The average molecular weight is 211 g/mol. The molecule has 0 fully saturated rings. The van der Waals surface area contributed by atoms with Gasteiger partial charge < -0.3 is 0 Å². The Morgan fingerprint density at radius 3 is 2.47 bits per heavy atom. The number of alkyl halides is 3. The second kappa shape index (κ2) is 3.97. The van der Waals surface area contributed by atoms with Gasteiger partial charge in [0.1, 0.15) is 5.69 Å². The molecule has 1 aromatic heterocycles. The van der Waals surface area contributed by atoms with Crippen LogP contribution in [0.4, 0.5) is 13.2 Å². The largest absolute Gasteiger partial charge is 0.433 e. The molecule has 1 heterocycles. The summed E-state index contributed by atoms with van der Waals surface area (Å²) in [7, 11) is 0. The molecule has 0 aliphatic heterocycles. The van der Waals surface area contributed by atoms with Crippen LogP contribution in [0, 0.1) is 22.7 Å². The molecule has 6 heteroatoms. The number of pyridine rings is 1. The van der Waals surface area contributed by atoms with E-state index in [2.05, 4.69) is 4.98 Å². The summed E-state index contributed by atoms with van der Waals surface area (Å²) < 4.78 is 36.6. The van der Waals surface area contributed by atoms with Gasteiger partial charge in [-0.2, -0.15) is 23.7 Å². The Balaban J connectivity index is 3.22. The fraction of sp³-hybridized carbons (Fsp3) is 0.222. The van der Waals surface area contributed by atoms with Gasteiger partial charge in [0, 0.05) is 11.8 Å². The second-order valence-electron chi connectivity index (χ2n) is 2.67. The van der Waals surface area contributed by atoms with Crippen molar-refractivity contribution in [3.05, 3.63) is 29.1 Å². The van der Waals surface area contributed by atoms with E-state index in [0.29, 0.717) is 6.07 Å². The Hall–Kier alpha value is -2.08. The molecule has 1 rings (SSSR count). The van der Waals surface area contributed by atoms with Crippen LogP contribution in [0.3, 0.4) is 0 Å². The molecule has 0 spiro atoms. The molecule has 0 N–H and O–H groups in total. The van der Waals surface area contributed by atoms with Crippen LogP contribution in [0.2, 0.25) is 0 Å². The number of hydrogen-bond acceptors (Lipinski definition) is 3. The number of nitriles is 2. The third kappa shape index (κ3) is 2.44. The van der Waals surface area contributed by atoms with Gasteiger partial charge in [-0.05, 0) is 6.07 Å². The first-order valence-electron chi connectivity index (χ1n) is 3.82. The number of aromatic nitrogens is 1. The van der Waals surface area contributed by atoms with Crippen molar-refractivity contribution in [2.24, 2.45) is 0 Å². The van der Waals surface area contributed by atoms with Crippen LogP contribution in [0.15, 0.2) is 12.3 Å². The predicted octanol–water partition coefficient (Wildman–Crippen LogP) is 2.04. The molecule has 0 aliphatic carbocycles. The van der Waals surface area contributed by atoms with Crippen molar-refractivity contribution in [2.75, 3.05) is 0 Å². The normalized spacial score (nSPS) is 10.5. The first kappa shape index (κ1) is 11.0. The van der Waals surface area contributed by atoms with Gasteiger partial charge in [0.15, 0.2) is 0 Å². The maximum absolute atomic E-state index is 12.2. The van der Waals surface area contributed by atoms with Gasteiger partial charge >= 0.3 is 6.18 Å². The highest BCUT2D eigenvalue weighted by molar-refractivity contribution is 5.39. The van der Waals surface area contributed by atoms with Gasteiger partial charge in [-0.1, -0.05) is 0 Å². The number of rotatable bonds is 1. The average Bonchev–Trinajstić information content (AvgIpc) is 2.17. The minimum atomic E-state index is -4.57. The number of hydrogen-bond donors (Lipinski definition) is 0. The first-order valence-corrected chi connectivity index (χ1v) is 3.82. The molecule has 0 radical (unpaired) electrons. The molecule has 0 aliphatic rings. The molecule has 76 valence electrons.